The summed E-state index contributed by atoms with van der Waals surface area (Å²) in [4.78, 5) is 2.97. The Morgan fingerprint density at radius 3 is 1.78 bits per heavy atom. The lowest BCUT2D eigenvalue weighted by Crippen LogP contribution is -2.49. The first-order valence-electron chi connectivity index (χ1n) is 5.97. The molecule has 0 radical (unpaired) electrons. The summed E-state index contributed by atoms with van der Waals surface area (Å²) in [5.41, 5.74) is 8.69. The van der Waals surface area contributed by atoms with Gasteiger partial charge < -0.3 is 0 Å². The summed E-state index contributed by atoms with van der Waals surface area (Å²) >= 11 is 0. The second-order valence-electron chi connectivity index (χ2n) is 4.24. The van der Waals surface area contributed by atoms with Crippen molar-refractivity contribution in [3.05, 3.63) is 71.1 Å². The van der Waals surface area contributed by atoms with Gasteiger partial charge in [0, 0.05) is 10.6 Å². The van der Waals surface area contributed by atoms with Crippen molar-refractivity contribution < 1.29 is 0 Å². The van der Waals surface area contributed by atoms with Gasteiger partial charge in [0.25, 0.3) is 0 Å². The van der Waals surface area contributed by atoms with Crippen LogP contribution >= 0.6 is 0 Å². The molecule has 4 heteroatoms. The van der Waals surface area contributed by atoms with E-state index in [1.807, 2.05) is 43.3 Å². The zero-order valence-corrected chi connectivity index (χ0v) is 11.4. The predicted octanol–water partition coefficient (Wildman–Crippen LogP) is 2.27. The smallest absolute Gasteiger partial charge is 0.0934 e. The first-order valence-corrected chi connectivity index (χ1v) is 7.79. The molecule has 18 heavy (non-hydrogen) atoms. The normalized spacial score (nSPS) is 11.9. The van der Waals surface area contributed by atoms with E-state index in [1.165, 1.54) is 10.4 Å². The minimum absolute atomic E-state index is 0.0276. The van der Waals surface area contributed by atoms with Gasteiger partial charge in [-0.2, -0.15) is 0 Å². The van der Waals surface area contributed by atoms with Crippen molar-refractivity contribution in [2.75, 3.05) is 0 Å². The molecule has 90 valence electrons. The van der Waals surface area contributed by atoms with Crippen LogP contribution in [0.1, 0.15) is 6.92 Å². The van der Waals surface area contributed by atoms with Gasteiger partial charge in [-0.15, -0.1) is 0 Å². The second-order valence-corrected chi connectivity index (χ2v) is 7.50. The maximum absolute atomic E-state index is 8.66. The molecule has 0 aliphatic rings. The first-order chi connectivity index (χ1) is 8.83. The minimum atomic E-state index is -1.48. The average molecular weight is 253 g/mol. The monoisotopic (exact) mass is 253 g/mol. The fourth-order valence-electron chi connectivity index (χ4n) is 2.22. The number of benzene rings is 2. The fraction of sp³-hybridized carbons (Fsp3) is 0.143. The first kappa shape index (κ1) is 12.4. The van der Waals surface area contributed by atoms with E-state index >= 15 is 0 Å². The Hall–Kier alpha value is -2.03. The summed E-state index contributed by atoms with van der Waals surface area (Å²) in [6, 6.07) is 20.7. The van der Waals surface area contributed by atoms with Gasteiger partial charge in [0.15, 0.2) is 0 Å². The molecule has 0 aromatic heterocycles. The lowest BCUT2D eigenvalue weighted by Gasteiger charge is -2.19. The number of rotatable bonds is 4. The number of nitrogens with zero attached hydrogens (tertiary/aromatic N) is 3. The van der Waals surface area contributed by atoms with Crippen molar-refractivity contribution in [1.29, 1.82) is 0 Å². The molecule has 2 aromatic carbocycles. The largest absolute Gasteiger partial charge is 0.111 e. The number of hydrogen-bond acceptors (Lipinski definition) is 1. The van der Waals surface area contributed by atoms with E-state index < -0.39 is 8.80 Å². The molecule has 0 bridgehead atoms. The van der Waals surface area contributed by atoms with Crippen LogP contribution in [-0.2, 0) is 0 Å². The summed E-state index contributed by atoms with van der Waals surface area (Å²) in [6.45, 7) is 2.01. The van der Waals surface area contributed by atoms with Gasteiger partial charge in [-0.25, -0.2) is 0 Å². The molecule has 3 nitrogen and oxygen atoms in total. The summed E-state index contributed by atoms with van der Waals surface area (Å²) in [6.07, 6.45) is 0. The number of azide groups is 1. The van der Waals surface area contributed by atoms with Crippen LogP contribution in [0.15, 0.2) is 65.8 Å². The van der Waals surface area contributed by atoms with Crippen LogP contribution in [0.25, 0.3) is 10.4 Å². The van der Waals surface area contributed by atoms with E-state index in [2.05, 4.69) is 34.3 Å². The average Bonchev–Trinajstić information content (AvgIpc) is 2.42. The Kier molecular flexibility index (Phi) is 4.18. The van der Waals surface area contributed by atoms with Crippen molar-refractivity contribution in [3.8, 4) is 0 Å². The van der Waals surface area contributed by atoms with E-state index in [9.17, 15) is 0 Å². The molecular weight excluding hydrogens is 238 g/mol. The van der Waals surface area contributed by atoms with E-state index in [-0.39, 0.29) is 5.67 Å². The highest BCUT2D eigenvalue weighted by atomic mass is 28.3. The van der Waals surface area contributed by atoms with Crippen molar-refractivity contribution in [1.82, 2.24) is 0 Å². The van der Waals surface area contributed by atoms with Gasteiger partial charge in [-0.05, 0) is 5.53 Å². The van der Waals surface area contributed by atoms with Gasteiger partial charge in [0.1, 0.15) is 8.80 Å². The molecule has 0 fully saturated rings. The Morgan fingerprint density at radius 1 is 0.944 bits per heavy atom. The Morgan fingerprint density at radius 2 is 1.39 bits per heavy atom. The molecule has 0 aliphatic heterocycles. The molecule has 0 amide bonds. The molecule has 1 atom stereocenters. The lowest BCUT2D eigenvalue weighted by atomic mass is 10.4. The quantitative estimate of drug-likeness (QED) is 0.347. The second kappa shape index (κ2) is 6.05. The van der Waals surface area contributed by atoms with Crippen molar-refractivity contribution in [2.45, 2.75) is 12.6 Å². The molecule has 0 heterocycles. The summed E-state index contributed by atoms with van der Waals surface area (Å²) in [5, 5.41) is 6.54. The third kappa shape index (κ3) is 2.80. The molecule has 2 aromatic rings. The zero-order chi connectivity index (χ0) is 12.8. The van der Waals surface area contributed by atoms with E-state index in [4.69, 9.17) is 5.53 Å². The summed E-state index contributed by atoms with van der Waals surface area (Å²) in [5.74, 6) is 0. The standard InChI is InChI=1S/C14H15N3Si/c1-12(16-17-15)18(13-8-4-2-5-9-13)14-10-6-3-7-11-14/h2-12,18H,1H3. The minimum Gasteiger partial charge on any atom is -0.0934 e. The Bertz CT molecular complexity index is 496. The topological polar surface area (TPSA) is 48.8 Å². The molecule has 2 rings (SSSR count). The van der Waals surface area contributed by atoms with Gasteiger partial charge in [-0.1, -0.05) is 83.1 Å². The maximum Gasteiger partial charge on any atom is 0.111 e. The van der Waals surface area contributed by atoms with Crippen LogP contribution in [0, 0.1) is 0 Å². The van der Waals surface area contributed by atoms with Crippen LogP contribution < -0.4 is 10.4 Å². The molecule has 0 spiro atoms. The zero-order valence-electron chi connectivity index (χ0n) is 10.3. The van der Waals surface area contributed by atoms with Gasteiger partial charge in [-0.3, -0.25) is 0 Å². The van der Waals surface area contributed by atoms with Gasteiger partial charge in [0.2, 0.25) is 0 Å². The maximum atomic E-state index is 8.66. The number of hydrogen-bond donors (Lipinski definition) is 0. The van der Waals surface area contributed by atoms with Crippen molar-refractivity contribution >= 4 is 19.2 Å². The van der Waals surface area contributed by atoms with Gasteiger partial charge >= 0.3 is 0 Å². The Labute approximate surface area is 108 Å². The highest BCUT2D eigenvalue weighted by Crippen LogP contribution is 2.01. The van der Waals surface area contributed by atoms with E-state index in [0.717, 1.165) is 0 Å². The van der Waals surface area contributed by atoms with E-state index in [1.54, 1.807) is 0 Å². The van der Waals surface area contributed by atoms with Crippen molar-refractivity contribution in [3.63, 3.8) is 0 Å². The molecule has 0 saturated heterocycles. The van der Waals surface area contributed by atoms with Crippen LogP contribution in [-0.4, -0.2) is 14.5 Å². The van der Waals surface area contributed by atoms with Crippen LogP contribution in [0.3, 0.4) is 0 Å². The fourth-order valence-corrected chi connectivity index (χ4v) is 5.18. The third-order valence-corrected chi connectivity index (χ3v) is 6.34. The highest BCUT2D eigenvalue weighted by molar-refractivity contribution is 6.86. The summed E-state index contributed by atoms with van der Waals surface area (Å²) < 4.78 is 0. The molecule has 0 aliphatic carbocycles. The van der Waals surface area contributed by atoms with Gasteiger partial charge in [0.05, 0.1) is 0 Å². The van der Waals surface area contributed by atoms with E-state index in [0.29, 0.717) is 0 Å². The Balaban J connectivity index is 2.44. The molecule has 1 unspecified atom stereocenters. The third-order valence-electron chi connectivity index (χ3n) is 3.03. The SMILES string of the molecule is CC(N=[N+]=[N-])[SiH](c1ccccc1)c1ccccc1. The van der Waals surface area contributed by atoms with Crippen LogP contribution in [0.2, 0.25) is 0 Å². The van der Waals surface area contributed by atoms with Crippen molar-refractivity contribution in [2.24, 2.45) is 5.11 Å². The van der Waals surface area contributed by atoms with Crippen LogP contribution in [0.4, 0.5) is 0 Å². The highest BCUT2D eigenvalue weighted by Gasteiger charge is 2.21. The summed E-state index contributed by atoms with van der Waals surface area (Å²) in [7, 11) is -1.48. The lowest BCUT2D eigenvalue weighted by molar-refractivity contribution is 0.989. The predicted molar refractivity (Wildman–Crippen MR) is 77.9 cm³/mol. The molecular formula is C14H15N3Si. The molecule has 0 saturated carbocycles. The van der Waals surface area contributed by atoms with Crippen LogP contribution in [0.5, 0.6) is 0 Å². The molecule has 0 N–H and O–H groups in total.